The molecule has 4 fully saturated rings. The van der Waals surface area contributed by atoms with Crippen molar-refractivity contribution in [1.29, 1.82) is 0 Å². The second-order valence-corrected chi connectivity index (χ2v) is 10.5. The van der Waals surface area contributed by atoms with Gasteiger partial charge in [-0.15, -0.1) is 0 Å². The van der Waals surface area contributed by atoms with E-state index in [9.17, 15) is 9.59 Å². The van der Waals surface area contributed by atoms with Gasteiger partial charge in [0.15, 0.2) is 0 Å². The Balaban J connectivity index is 1.10. The number of benzene rings is 2. The zero-order chi connectivity index (χ0) is 22.8. The number of rotatable bonds is 7. The van der Waals surface area contributed by atoms with E-state index in [1.807, 2.05) is 42.5 Å². The molecule has 4 aliphatic carbocycles. The van der Waals surface area contributed by atoms with Crippen molar-refractivity contribution in [3.8, 4) is 11.1 Å². The van der Waals surface area contributed by atoms with Gasteiger partial charge in [0.25, 0.3) is 0 Å². The van der Waals surface area contributed by atoms with Crippen molar-refractivity contribution in [2.45, 2.75) is 63.8 Å². The van der Waals surface area contributed by atoms with Crippen molar-refractivity contribution in [3.05, 3.63) is 60.2 Å². The lowest BCUT2D eigenvalue weighted by Crippen LogP contribution is -2.60. The predicted octanol–water partition coefficient (Wildman–Crippen LogP) is 4.86. The van der Waals surface area contributed by atoms with Crippen LogP contribution < -0.4 is 10.7 Å². The molecule has 0 radical (unpaired) electrons. The van der Waals surface area contributed by atoms with Crippen LogP contribution in [0.25, 0.3) is 11.1 Å². The number of carbonyl (C=O) groups excluding carboxylic acids is 2. The summed E-state index contributed by atoms with van der Waals surface area (Å²) in [6.07, 6.45) is 7.98. The van der Waals surface area contributed by atoms with Gasteiger partial charge in [-0.25, -0.2) is 5.43 Å². The van der Waals surface area contributed by atoms with Crippen LogP contribution in [0.15, 0.2) is 59.7 Å². The van der Waals surface area contributed by atoms with Crippen LogP contribution in [0.3, 0.4) is 0 Å². The molecule has 0 unspecified atom stereocenters. The second kappa shape index (κ2) is 9.12. The molecule has 33 heavy (non-hydrogen) atoms. The van der Waals surface area contributed by atoms with Gasteiger partial charge in [0.05, 0.1) is 12.8 Å². The molecule has 0 heterocycles. The molecule has 172 valence electrons. The Labute approximate surface area is 196 Å². The molecule has 0 aliphatic heterocycles. The van der Waals surface area contributed by atoms with Crippen molar-refractivity contribution < 1.29 is 9.59 Å². The molecule has 4 bridgehead atoms. The number of nitrogens with one attached hydrogen (secondary N) is 2. The fraction of sp³-hybridized carbons (Fsp3) is 0.464. The summed E-state index contributed by atoms with van der Waals surface area (Å²) in [5.74, 6) is 2.25. The Morgan fingerprint density at radius 2 is 1.42 bits per heavy atom. The molecule has 4 saturated carbocycles. The van der Waals surface area contributed by atoms with Crippen LogP contribution in [-0.4, -0.2) is 23.1 Å². The number of hydrogen-bond acceptors (Lipinski definition) is 3. The molecular weight excluding hydrogens is 410 g/mol. The van der Waals surface area contributed by atoms with E-state index in [4.69, 9.17) is 0 Å². The monoisotopic (exact) mass is 443 g/mol. The third-order valence-electron chi connectivity index (χ3n) is 7.66. The number of hydrogen-bond donors (Lipinski definition) is 2. The van der Waals surface area contributed by atoms with Crippen molar-refractivity contribution in [1.82, 2.24) is 10.7 Å². The summed E-state index contributed by atoms with van der Waals surface area (Å²) >= 11 is 0. The standard InChI is InChI=1S/C28H33N3O2/c1-19(11-26(32)29-28-16-21-12-22(17-28)14-23(13-21)18-28)30-31-27(33)15-20-7-9-25(10-8-20)24-5-3-2-4-6-24/h2-10,21-23H,11-18H2,1H3,(H,29,32)(H,31,33)/b30-19-. The van der Waals surface area contributed by atoms with E-state index >= 15 is 0 Å². The zero-order valence-corrected chi connectivity index (χ0v) is 19.3. The van der Waals surface area contributed by atoms with Gasteiger partial charge in [-0.2, -0.15) is 5.10 Å². The van der Waals surface area contributed by atoms with E-state index in [0.717, 1.165) is 53.7 Å². The van der Waals surface area contributed by atoms with Gasteiger partial charge in [0.1, 0.15) is 0 Å². The van der Waals surface area contributed by atoms with Crippen molar-refractivity contribution in [2.75, 3.05) is 0 Å². The summed E-state index contributed by atoms with van der Waals surface area (Å²) in [5.41, 5.74) is 6.46. The van der Waals surface area contributed by atoms with Crippen LogP contribution in [0.5, 0.6) is 0 Å². The van der Waals surface area contributed by atoms with Gasteiger partial charge in [0, 0.05) is 11.3 Å². The summed E-state index contributed by atoms with van der Waals surface area (Å²) in [5, 5.41) is 7.55. The highest BCUT2D eigenvalue weighted by Crippen LogP contribution is 2.55. The zero-order valence-electron chi connectivity index (χ0n) is 19.3. The first kappa shape index (κ1) is 21.9. The average molecular weight is 444 g/mol. The van der Waals surface area contributed by atoms with E-state index in [-0.39, 0.29) is 30.2 Å². The second-order valence-electron chi connectivity index (χ2n) is 10.5. The molecule has 0 aromatic heterocycles. The maximum absolute atomic E-state index is 12.7. The van der Waals surface area contributed by atoms with E-state index in [2.05, 4.69) is 28.0 Å². The maximum atomic E-state index is 12.7. The molecule has 5 heteroatoms. The predicted molar refractivity (Wildman–Crippen MR) is 130 cm³/mol. The highest BCUT2D eigenvalue weighted by atomic mass is 16.2. The number of hydrazone groups is 1. The van der Waals surface area contributed by atoms with Crippen LogP contribution in [0.2, 0.25) is 0 Å². The lowest BCUT2D eigenvalue weighted by molar-refractivity contribution is -0.125. The first-order valence-corrected chi connectivity index (χ1v) is 12.2. The fourth-order valence-electron chi connectivity index (χ4n) is 6.70. The molecule has 2 aromatic carbocycles. The van der Waals surface area contributed by atoms with Crippen molar-refractivity contribution >= 4 is 17.5 Å². The Bertz CT molecular complexity index is 1010. The van der Waals surface area contributed by atoms with Gasteiger partial charge < -0.3 is 5.32 Å². The molecule has 6 rings (SSSR count). The van der Waals surface area contributed by atoms with Crippen LogP contribution in [0, 0.1) is 17.8 Å². The van der Waals surface area contributed by atoms with E-state index in [1.54, 1.807) is 6.92 Å². The largest absolute Gasteiger partial charge is 0.350 e. The Hall–Kier alpha value is -2.95. The van der Waals surface area contributed by atoms with Crippen molar-refractivity contribution in [3.63, 3.8) is 0 Å². The van der Waals surface area contributed by atoms with Crippen LogP contribution in [0.1, 0.15) is 57.4 Å². The number of amides is 2. The molecular formula is C28H33N3O2. The van der Waals surface area contributed by atoms with Gasteiger partial charge >= 0.3 is 0 Å². The van der Waals surface area contributed by atoms with E-state index in [0.29, 0.717) is 5.71 Å². The summed E-state index contributed by atoms with van der Waals surface area (Å²) in [4.78, 5) is 25.1. The highest BCUT2D eigenvalue weighted by Gasteiger charge is 2.51. The van der Waals surface area contributed by atoms with Gasteiger partial charge in [0.2, 0.25) is 11.8 Å². The lowest BCUT2D eigenvalue weighted by Gasteiger charge is -2.56. The molecule has 0 spiro atoms. The molecule has 5 nitrogen and oxygen atoms in total. The van der Waals surface area contributed by atoms with Crippen LogP contribution >= 0.6 is 0 Å². The summed E-state index contributed by atoms with van der Waals surface area (Å²) in [7, 11) is 0. The molecule has 2 amide bonds. The fourth-order valence-corrected chi connectivity index (χ4v) is 6.70. The molecule has 2 N–H and O–H groups in total. The first-order valence-electron chi connectivity index (χ1n) is 12.2. The Kier molecular flexibility index (Phi) is 6.05. The Morgan fingerprint density at radius 1 is 0.848 bits per heavy atom. The first-order chi connectivity index (χ1) is 16.0. The molecule has 0 saturated heterocycles. The van der Waals surface area contributed by atoms with Gasteiger partial charge in [-0.05, 0) is 79.9 Å². The molecule has 4 aliphatic rings. The topological polar surface area (TPSA) is 70.6 Å². The smallest absolute Gasteiger partial charge is 0.244 e. The SMILES string of the molecule is C/C(CC(=O)NC12CC3CC(CC(C3)C1)C2)=N/NC(=O)Cc1ccc(-c2ccccc2)cc1. The number of carbonyl (C=O) groups is 2. The van der Waals surface area contributed by atoms with E-state index in [1.165, 1.54) is 19.3 Å². The average Bonchev–Trinajstić information content (AvgIpc) is 2.77. The molecule has 2 aromatic rings. The number of nitrogens with zero attached hydrogens (tertiary/aromatic N) is 1. The normalized spacial score (nSPS) is 27.9. The third-order valence-corrected chi connectivity index (χ3v) is 7.66. The summed E-state index contributed by atoms with van der Waals surface area (Å²) in [6, 6.07) is 18.2. The van der Waals surface area contributed by atoms with Crippen LogP contribution in [0.4, 0.5) is 0 Å². The quantitative estimate of drug-likeness (QED) is 0.474. The summed E-state index contributed by atoms with van der Waals surface area (Å²) in [6.45, 7) is 1.80. The minimum Gasteiger partial charge on any atom is -0.350 e. The lowest BCUT2D eigenvalue weighted by atomic mass is 9.53. The van der Waals surface area contributed by atoms with Gasteiger partial charge in [-0.3, -0.25) is 9.59 Å². The minimum absolute atomic E-state index is 0.0152. The highest BCUT2D eigenvalue weighted by molar-refractivity contribution is 6.00. The molecule has 0 atom stereocenters. The third kappa shape index (κ3) is 5.18. The summed E-state index contributed by atoms with van der Waals surface area (Å²) < 4.78 is 0. The minimum atomic E-state index is -0.177. The van der Waals surface area contributed by atoms with Crippen molar-refractivity contribution in [2.24, 2.45) is 22.9 Å². The van der Waals surface area contributed by atoms with Crippen LogP contribution in [-0.2, 0) is 16.0 Å². The maximum Gasteiger partial charge on any atom is 0.244 e. The van der Waals surface area contributed by atoms with E-state index < -0.39 is 0 Å². The Morgan fingerprint density at radius 3 is 2.03 bits per heavy atom. The van der Waals surface area contributed by atoms with Gasteiger partial charge in [-0.1, -0.05) is 54.6 Å².